The van der Waals surface area contributed by atoms with Crippen LogP contribution in [0.15, 0.2) is 0 Å². The second kappa shape index (κ2) is 7.23. The summed E-state index contributed by atoms with van der Waals surface area (Å²) < 4.78 is 5.84. The lowest BCUT2D eigenvalue weighted by Crippen LogP contribution is -2.48. The zero-order valence-corrected chi connectivity index (χ0v) is 15.9. The van der Waals surface area contributed by atoms with E-state index in [2.05, 4.69) is 23.7 Å². The fourth-order valence-corrected chi connectivity index (χ4v) is 4.30. The van der Waals surface area contributed by atoms with E-state index in [9.17, 15) is 4.79 Å². The Kier molecular flexibility index (Phi) is 5.21. The lowest BCUT2D eigenvalue weighted by atomic mass is 10.1. The highest BCUT2D eigenvalue weighted by Gasteiger charge is 2.26. The fourth-order valence-electron chi connectivity index (χ4n) is 3.23. The van der Waals surface area contributed by atoms with Gasteiger partial charge in [-0.25, -0.2) is 9.97 Å². The van der Waals surface area contributed by atoms with Crippen molar-refractivity contribution in [2.45, 2.75) is 26.9 Å². The van der Waals surface area contributed by atoms with Crippen LogP contribution < -0.4 is 4.90 Å². The molecular weight excluding hydrogens is 340 g/mol. The number of hydrogen-bond donors (Lipinski definition) is 1. The van der Waals surface area contributed by atoms with Crippen LogP contribution >= 0.6 is 11.3 Å². The van der Waals surface area contributed by atoms with Gasteiger partial charge >= 0.3 is 5.97 Å². The number of carbonyl (C=O) groups is 1. The number of likely N-dealkylation sites (N-methyl/N-ethyl adjacent to an activating group) is 1. The SMILES string of the molecule is Cc1nc(N2CCOC(CN(C)CC(=O)O)C2)c2c(C)c(C)sc2n1. The molecule has 3 rings (SSSR count). The molecular formula is C17H24N4O3S. The number of aliphatic carboxylic acids is 1. The predicted molar refractivity (Wildman–Crippen MR) is 98.7 cm³/mol. The average molecular weight is 364 g/mol. The number of hydrogen-bond acceptors (Lipinski definition) is 7. The summed E-state index contributed by atoms with van der Waals surface area (Å²) >= 11 is 1.71. The Labute approximate surface area is 151 Å². The van der Waals surface area contributed by atoms with Crippen molar-refractivity contribution < 1.29 is 14.6 Å². The van der Waals surface area contributed by atoms with E-state index in [1.807, 2.05) is 6.92 Å². The van der Waals surface area contributed by atoms with Gasteiger partial charge in [-0.2, -0.15) is 0 Å². The first-order valence-corrected chi connectivity index (χ1v) is 9.18. The van der Waals surface area contributed by atoms with Crippen LogP contribution in [0.2, 0.25) is 0 Å². The highest BCUT2D eigenvalue weighted by molar-refractivity contribution is 7.18. The minimum Gasteiger partial charge on any atom is -0.480 e. The van der Waals surface area contributed by atoms with Crippen molar-refractivity contribution in [3.8, 4) is 0 Å². The molecule has 1 aliphatic heterocycles. The summed E-state index contributed by atoms with van der Waals surface area (Å²) in [6.45, 7) is 8.84. The minimum absolute atomic E-state index is 0.0134. The van der Waals surface area contributed by atoms with Crippen LogP contribution in [0.3, 0.4) is 0 Å². The van der Waals surface area contributed by atoms with Gasteiger partial charge in [0.05, 0.1) is 24.6 Å². The Bertz CT molecular complexity index is 792. The summed E-state index contributed by atoms with van der Waals surface area (Å²) in [5.74, 6) is 0.918. The van der Waals surface area contributed by atoms with Gasteiger partial charge in [0.2, 0.25) is 0 Å². The molecule has 0 spiro atoms. The van der Waals surface area contributed by atoms with Gasteiger partial charge in [-0.15, -0.1) is 11.3 Å². The second-order valence-electron chi connectivity index (χ2n) is 6.59. The van der Waals surface area contributed by atoms with Crippen molar-refractivity contribution in [1.29, 1.82) is 0 Å². The van der Waals surface area contributed by atoms with Gasteiger partial charge in [0, 0.05) is 24.5 Å². The Morgan fingerprint density at radius 3 is 2.88 bits per heavy atom. The van der Waals surface area contributed by atoms with Crippen LogP contribution in [0, 0.1) is 20.8 Å². The van der Waals surface area contributed by atoms with Crippen molar-refractivity contribution in [2.75, 3.05) is 44.7 Å². The average Bonchev–Trinajstić information content (AvgIpc) is 2.80. The Balaban J connectivity index is 1.84. The van der Waals surface area contributed by atoms with E-state index in [1.165, 1.54) is 10.4 Å². The molecule has 1 unspecified atom stereocenters. The molecule has 0 saturated carbocycles. The standard InChI is InChI=1S/C17H24N4O3S/c1-10-11(2)25-17-15(10)16(18-12(3)19-17)21-5-6-24-13(8-21)7-20(4)9-14(22)23/h13H,5-9H2,1-4H3,(H,22,23). The number of rotatable bonds is 5. The number of ether oxygens (including phenoxy) is 1. The molecule has 0 radical (unpaired) electrons. The van der Waals surface area contributed by atoms with E-state index in [0.29, 0.717) is 19.7 Å². The van der Waals surface area contributed by atoms with Gasteiger partial charge in [-0.1, -0.05) is 0 Å². The number of anilines is 1. The summed E-state index contributed by atoms with van der Waals surface area (Å²) in [5, 5.41) is 10.0. The van der Waals surface area contributed by atoms with E-state index < -0.39 is 5.97 Å². The number of carboxylic acid groups (broad SMARTS) is 1. The summed E-state index contributed by atoms with van der Waals surface area (Å²) in [5.41, 5.74) is 1.24. The summed E-state index contributed by atoms with van der Waals surface area (Å²) in [7, 11) is 1.80. The van der Waals surface area contributed by atoms with Gasteiger partial charge in [0.15, 0.2) is 0 Å². The molecule has 7 nitrogen and oxygen atoms in total. The number of aromatic nitrogens is 2. The Hall–Kier alpha value is -1.77. The third-order valence-electron chi connectivity index (χ3n) is 4.48. The number of fused-ring (bicyclic) bond motifs is 1. The zero-order valence-electron chi connectivity index (χ0n) is 15.1. The van der Waals surface area contributed by atoms with Crippen LogP contribution in [0.1, 0.15) is 16.3 Å². The van der Waals surface area contributed by atoms with Crippen LogP contribution in [0.25, 0.3) is 10.2 Å². The summed E-state index contributed by atoms with van der Waals surface area (Å²) in [6.07, 6.45) is -0.0385. The molecule has 136 valence electrons. The molecule has 1 N–H and O–H groups in total. The second-order valence-corrected chi connectivity index (χ2v) is 7.79. The minimum atomic E-state index is -0.826. The van der Waals surface area contributed by atoms with Crippen LogP contribution in [-0.2, 0) is 9.53 Å². The Morgan fingerprint density at radius 2 is 2.16 bits per heavy atom. The smallest absolute Gasteiger partial charge is 0.317 e. The third kappa shape index (κ3) is 3.91. The van der Waals surface area contributed by atoms with Gasteiger partial charge in [-0.05, 0) is 33.4 Å². The van der Waals surface area contributed by atoms with Crippen LogP contribution in [0.5, 0.6) is 0 Å². The maximum Gasteiger partial charge on any atom is 0.317 e. The molecule has 1 aliphatic rings. The third-order valence-corrected chi connectivity index (χ3v) is 5.58. The van der Waals surface area contributed by atoms with Crippen molar-refractivity contribution in [3.05, 3.63) is 16.3 Å². The number of morpholine rings is 1. The largest absolute Gasteiger partial charge is 0.480 e. The van der Waals surface area contributed by atoms with E-state index in [4.69, 9.17) is 14.8 Å². The molecule has 0 aromatic carbocycles. The molecule has 1 fully saturated rings. The molecule has 0 amide bonds. The van der Waals surface area contributed by atoms with Gasteiger partial charge in [0.25, 0.3) is 0 Å². The van der Waals surface area contributed by atoms with Crippen LogP contribution in [0.4, 0.5) is 5.82 Å². The first-order valence-electron chi connectivity index (χ1n) is 8.36. The van der Waals surface area contributed by atoms with E-state index >= 15 is 0 Å². The van der Waals surface area contributed by atoms with E-state index in [0.717, 1.165) is 28.4 Å². The first-order chi connectivity index (χ1) is 11.8. The lowest BCUT2D eigenvalue weighted by Gasteiger charge is -2.35. The molecule has 1 atom stereocenters. The number of carboxylic acids is 1. The first kappa shape index (κ1) is 18.0. The number of thiophene rings is 1. The fraction of sp³-hybridized carbons (Fsp3) is 0.588. The van der Waals surface area contributed by atoms with E-state index in [-0.39, 0.29) is 12.6 Å². The highest BCUT2D eigenvalue weighted by atomic mass is 32.1. The molecule has 25 heavy (non-hydrogen) atoms. The molecule has 2 aromatic heterocycles. The van der Waals surface area contributed by atoms with Crippen molar-refractivity contribution in [3.63, 3.8) is 0 Å². The molecule has 0 bridgehead atoms. The predicted octanol–water partition coefficient (Wildman–Crippen LogP) is 1.84. The van der Waals surface area contributed by atoms with Gasteiger partial charge in [-0.3, -0.25) is 9.69 Å². The number of nitrogens with zero attached hydrogens (tertiary/aromatic N) is 4. The monoisotopic (exact) mass is 364 g/mol. The zero-order chi connectivity index (χ0) is 18.1. The normalized spacial score (nSPS) is 18.3. The van der Waals surface area contributed by atoms with Crippen molar-refractivity contribution in [1.82, 2.24) is 14.9 Å². The molecule has 1 saturated heterocycles. The quantitative estimate of drug-likeness (QED) is 0.867. The topological polar surface area (TPSA) is 78.8 Å². The lowest BCUT2D eigenvalue weighted by molar-refractivity contribution is -0.138. The van der Waals surface area contributed by atoms with Gasteiger partial charge < -0.3 is 14.7 Å². The maximum atomic E-state index is 10.9. The van der Waals surface area contributed by atoms with Crippen LogP contribution in [-0.4, -0.2) is 71.9 Å². The van der Waals surface area contributed by atoms with Crippen molar-refractivity contribution >= 4 is 33.3 Å². The molecule has 8 heteroatoms. The highest BCUT2D eigenvalue weighted by Crippen LogP contribution is 2.35. The molecule has 0 aliphatic carbocycles. The molecule has 2 aromatic rings. The summed E-state index contributed by atoms with van der Waals surface area (Å²) in [4.78, 5) is 26.5. The Morgan fingerprint density at radius 1 is 1.40 bits per heavy atom. The molecule has 3 heterocycles. The summed E-state index contributed by atoms with van der Waals surface area (Å²) in [6, 6.07) is 0. The number of aryl methyl sites for hydroxylation is 3. The van der Waals surface area contributed by atoms with E-state index in [1.54, 1.807) is 23.3 Å². The maximum absolute atomic E-state index is 10.9. The van der Waals surface area contributed by atoms with Gasteiger partial charge in [0.1, 0.15) is 16.5 Å². The van der Waals surface area contributed by atoms with Crippen molar-refractivity contribution in [2.24, 2.45) is 0 Å².